The van der Waals surface area contributed by atoms with Crippen LogP contribution in [0.3, 0.4) is 0 Å². The lowest BCUT2D eigenvalue weighted by Gasteiger charge is -2.14. The number of amides is 1. The summed E-state index contributed by atoms with van der Waals surface area (Å²) in [4.78, 5) is 11.5. The predicted molar refractivity (Wildman–Crippen MR) is 63.9 cm³/mol. The van der Waals surface area contributed by atoms with Crippen LogP contribution in [0.25, 0.3) is 0 Å². The Morgan fingerprint density at radius 2 is 2.18 bits per heavy atom. The van der Waals surface area contributed by atoms with Crippen molar-refractivity contribution < 1.29 is 14.3 Å². The first kappa shape index (κ1) is 13.6. The zero-order valence-electron chi connectivity index (χ0n) is 10.1. The molecule has 0 aliphatic rings. The number of hydrogen-bond donors (Lipinski definition) is 2. The molecule has 0 heterocycles. The van der Waals surface area contributed by atoms with Crippen molar-refractivity contribution in [2.75, 3.05) is 0 Å². The van der Waals surface area contributed by atoms with E-state index in [-0.39, 0.29) is 24.2 Å². The van der Waals surface area contributed by atoms with E-state index >= 15 is 0 Å². The second kappa shape index (κ2) is 6.35. The molecule has 0 aromatic heterocycles. The zero-order chi connectivity index (χ0) is 12.8. The number of hydrogen-bond acceptors (Lipinski definition) is 2. The Morgan fingerprint density at radius 3 is 2.76 bits per heavy atom. The van der Waals surface area contributed by atoms with Crippen LogP contribution in [0.15, 0.2) is 24.3 Å². The third kappa shape index (κ3) is 4.95. The standard InChI is InChI=1S/C13H18FNO2/c1-9(16)6-7-13(17)15-10(2)11-4-3-5-12(14)8-11/h3-5,8-10,16H,6-7H2,1-2H3,(H,15,17)/t9?,10-/m0/s1. The maximum absolute atomic E-state index is 13.0. The molecular formula is C13H18FNO2. The molecule has 1 aromatic rings. The van der Waals surface area contributed by atoms with Crippen molar-refractivity contribution in [3.8, 4) is 0 Å². The third-order valence-corrected chi connectivity index (χ3v) is 2.52. The summed E-state index contributed by atoms with van der Waals surface area (Å²) < 4.78 is 13.0. The minimum Gasteiger partial charge on any atom is -0.393 e. The van der Waals surface area contributed by atoms with E-state index in [4.69, 9.17) is 5.11 Å². The summed E-state index contributed by atoms with van der Waals surface area (Å²) in [5.41, 5.74) is 0.732. The van der Waals surface area contributed by atoms with Gasteiger partial charge in [-0.1, -0.05) is 12.1 Å². The average Bonchev–Trinajstić information content (AvgIpc) is 2.26. The number of nitrogens with one attached hydrogen (secondary N) is 1. The van der Waals surface area contributed by atoms with E-state index in [1.165, 1.54) is 12.1 Å². The number of carbonyl (C=O) groups is 1. The Labute approximate surface area is 101 Å². The molecule has 0 fully saturated rings. The van der Waals surface area contributed by atoms with Gasteiger partial charge in [-0.2, -0.15) is 0 Å². The van der Waals surface area contributed by atoms with E-state index in [1.54, 1.807) is 26.0 Å². The molecule has 0 bridgehead atoms. The molecule has 94 valence electrons. The van der Waals surface area contributed by atoms with Crippen LogP contribution >= 0.6 is 0 Å². The van der Waals surface area contributed by atoms with E-state index < -0.39 is 6.10 Å². The molecule has 17 heavy (non-hydrogen) atoms. The van der Waals surface area contributed by atoms with Crippen LogP contribution < -0.4 is 5.32 Å². The Balaban J connectivity index is 2.48. The Hall–Kier alpha value is -1.42. The van der Waals surface area contributed by atoms with Crippen LogP contribution in [0.1, 0.15) is 38.3 Å². The number of carbonyl (C=O) groups excluding carboxylic acids is 1. The van der Waals surface area contributed by atoms with Gasteiger partial charge in [-0.15, -0.1) is 0 Å². The quantitative estimate of drug-likeness (QED) is 0.827. The lowest BCUT2D eigenvalue weighted by molar-refractivity contribution is -0.122. The highest BCUT2D eigenvalue weighted by Crippen LogP contribution is 2.13. The molecule has 0 aliphatic heterocycles. The normalized spacial score (nSPS) is 14.1. The fourth-order valence-corrected chi connectivity index (χ4v) is 1.51. The first-order valence-electron chi connectivity index (χ1n) is 5.72. The fraction of sp³-hybridized carbons (Fsp3) is 0.462. The average molecular weight is 239 g/mol. The SMILES string of the molecule is CC(O)CCC(=O)N[C@@H](C)c1cccc(F)c1. The van der Waals surface area contributed by atoms with Gasteiger partial charge in [0.2, 0.25) is 5.91 Å². The summed E-state index contributed by atoms with van der Waals surface area (Å²) in [6.45, 7) is 3.44. The number of halogens is 1. The van der Waals surface area contributed by atoms with Crippen LogP contribution in [0, 0.1) is 5.82 Å². The summed E-state index contributed by atoms with van der Waals surface area (Å²) in [7, 11) is 0. The maximum Gasteiger partial charge on any atom is 0.220 e. The molecule has 0 spiro atoms. The second-order valence-corrected chi connectivity index (χ2v) is 4.23. The molecule has 4 heteroatoms. The Morgan fingerprint density at radius 1 is 1.47 bits per heavy atom. The third-order valence-electron chi connectivity index (χ3n) is 2.52. The smallest absolute Gasteiger partial charge is 0.220 e. The monoisotopic (exact) mass is 239 g/mol. The predicted octanol–water partition coefficient (Wildman–Crippen LogP) is 2.16. The molecule has 1 aromatic carbocycles. The molecule has 1 amide bonds. The molecule has 0 saturated carbocycles. The maximum atomic E-state index is 13.0. The Kier molecular flexibility index (Phi) is 5.10. The number of aliphatic hydroxyl groups excluding tert-OH is 1. The van der Waals surface area contributed by atoms with E-state index in [9.17, 15) is 9.18 Å². The van der Waals surface area contributed by atoms with E-state index in [2.05, 4.69) is 5.32 Å². The summed E-state index contributed by atoms with van der Waals surface area (Å²) in [5, 5.41) is 11.8. The van der Waals surface area contributed by atoms with Crippen molar-refractivity contribution in [3.63, 3.8) is 0 Å². The summed E-state index contributed by atoms with van der Waals surface area (Å²) in [6.07, 6.45) is 0.226. The lowest BCUT2D eigenvalue weighted by Crippen LogP contribution is -2.27. The molecular weight excluding hydrogens is 221 g/mol. The number of rotatable bonds is 5. The number of aliphatic hydroxyl groups is 1. The largest absolute Gasteiger partial charge is 0.393 e. The summed E-state index contributed by atoms with van der Waals surface area (Å²) >= 11 is 0. The van der Waals surface area contributed by atoms with E-state index in [1.807, 2.05) is 0 Å². The van der Waals surface area contributed by atoms with Gasteiger partial charge in [0.15, 0.2) is 0 Å². The van der Waals surface area contributed by atoms with Gasteiger partial charge in [0.05, 0.1) is 12.1 Å². The van der Waals surface area contributed by atoms with Crippen molar-refractivity contribution in [1.82, 2.24) is 5.32 Å². The summed E-state index contributed by atoms with van der Waals surface area (Å²) in [6, 6.07) is 5.92. The van der Waals surface area contributed by atoms with Gasteiger partial charge in [-0.05, 0) is 38.0 Å². The molecule has 1 rings (SSSR count). The van der Waals surface area contributed by atoms with Gasteiger partial charge in [0.25, 0.3) is 0 Å². The first-order valence-corrected chi connectivity index (χ1v) is 5.72. The minimum atomic E-state index is -0.481. The molecule has 2 N–H and O–H groups in total. The molecule has 3 nitrogen and oxygen atoms in total. The van der Waals surface area contributed by atoms with Gasteiger partial charge < -0.3 is 10.4 Å². The van der Waals surface area contributed by atoms with Crippen molar-refractivity contribution in [2.24, 2.45) is 0 Å². The van der Waals surface area contributed by atoms with Crippen molar-refractivity contribution >= 4 is 5.91 Å². The van der Waals surface area contributed by atoms with Gasteiger partial charge in [-0.25, -0.2) is 4.39 Å². The highest BCUT2D eigenvalue weighted by atomic mass is 19.1. The zero-order valence-corrected chi connectivity index (χ0v) is 10.1. The van der Waals surface area contributed by atoms with Crippen LogP contribution in [-0.2, 0) is 4.79 Å². The van der Waals surface area contributed by atoms with Crippen LogP contribution in [0.4, 0.5) is 4.39 Å². The first-order chi connectivity index (χ1) is 7.99. The van der Waals surface area contributed by atoms with Gasteiger partial charge in [0, 0.05) is 6.42 Å². The van der Waals surface area contributed by atoms with Crippen LogP contribution in [0.2, 0.25) is 0 Å². The topological polar surface area (TPSA) is 49.3 Å². The highest BCUT2D eigenvalue weighted by Gasteiger charge is 2.10. The van der Waals surface area contributed by atoms with Crippen molar-refractivity contribution in [3.05, 3.63) is 35.6 Å². The molecule has 1 unspecified atom stereocenters. The molecule has 0 radical (unpaired) electrons. The minimum absolute atomic E-state index is 0.136. The lowest BCUT2D eigenvalue weighted by atomic mass is 10.1. The molecule has 0 aliphatic carbocycles. The molecule has 2 atom stereocenters. The van der Waals surface area contributed by atoms with Crippen molar-refractivity contribution in [1.29, 1.82) is 0 Å². The van der Waals surface area contributed by atoms with Gasteiger partial charge in [0.1, 0.15) is 5.82 Å². The van der Waals surface area contributed by atoms with Gasteiger partial charge in [-0.3, -0.25) is 4.79 Å². The van der Waals surface area contributed by atoms with E-state index in [0.717, 1.165) is 5.56 Å². The number of benzene rings is 1. The van der Waals surface area contributed by atoms with Crippen LogP contribution in [0.5, 0.6) is 0 Å². The second-order valence-electron chi connectivity index (χ2n) is 4.23. The Bertz CT molecular complexity index is 379. The van der Waals surface area contributed by atoms with Crippen molar-refractivity contribution in [2.45, 2.75) is 38.8 Å². The molecule has 0 saturated heterocycles. The summed E-state index contributed by atoms with van der Waals surface area (Å²) in [5.74, 6) is -0.449. The highest BCUT2D eigenvalue weighted by molar-refractivity contribution is 5.76. The van der Waals surface area contributed by atoms with E-state index in [0.29, 0.717) is 6.42 Å². The van der Waals surface area contributed by atoms with Crippen LogP contribution in [-0.4, -0.2) is 17.1 Å². The van der Waals surface area contributed by atoms with Gasteiger partial charge >= 0.3 is 0 Å². The fourth-order valence-electron chi connectivity index (χ4n) is 1.51.